The lowest BCUT2D eigenvalue weighted by Crippen LogP contribution is -2.53. The topological polar surface area (TPSA) is 47.6 Å². The van der Waals surface area contributed by atoms with Crippen LogP contribution in [0.4, 0.5) is 0 Å². The predicted octanol–water partition coefficient (Wildman–Crippen LogP) is 1.51. The van der Waals surface area contributed by atoms with Gasteiger partial charge in [-0.2, -0.15) is 0 Å². The molecule has 3 fully saturated rings. The number of hydrazine groups is 1. The molecule has 0 aliphatic carbocycles. The molecule has 0 aromatic heterocycles. The predicted molar refractivity (Wildman–Crippen MR) is 94.1 cm³/mol. The van der Waals surface area contributed by atoms with Crippen molar-refractivity contribution in [2.75, 3.05) is 13.1 Å². The van der Waals surface area contributed by atoms with Crippen molar-refractivity contribution in [3.05, 3.63) is 35.9 Å². The summed E-state index contributed by atoms with van der Waals surface area (Å²) < 4.78 is 0. The highest BCUT2D eigenvalue weighted by Gasteiger charge is 2.47. The van der Waals surface area contributed by atoms with E-state index in [2.05, 4.69) is 57.9 Å². The largest absolute Gasteiger partial charge is 0.335 e. The lowest BCUT2D eigenvalue weighted by molar-refractivity contribution is -0.135. The van der Waals surface area contributed by atoms with Crippen LogP contribution in [-0.2, 0) is 11.3 Å². The number of benzene rings is 1. The molecule has 3 saturated heterocycles. The molecule has 1 aromatic carbocycles. The van der Waals surface area contributed by atoms with Crippen LogP contribution in [0.3, 0.4) is 0 Å². The van der Waals surface area contributed by atoms with Gasteiger partial charge >= 0.3 is 0 Å². The Morgan fingerprint density at radius 1 is 1.12 bits per heavy atom. The van der Waals surface area contributed by atoms with Gasteiger partial charge in [0.15, 0.2) is 0 Å². The summed E-state index contributed by atoms with van der Waals surface area (Å²) in [5.74, 6) is 0.299. The first kappa shape index (κ1) is 16.1. The number of amides is 1. The summed E-state index contributed by atoms with van der Waals surface area (Å²) in [7, 11) is 0. The molecule has 5 heteroatoms. The fourth-order valence-electron chi connectivity index (χ4n) is 4.55. The minimum atomic E-state index is -0.0385. The summed E-state index contributed by atoms with van der Waals surface area (Å²) in [5.41, 5.74) is 7.88. The van der Waals surface area contributed by atoms with E-state index in [0.717, 1.165) is 45.3 Å². The van der Waals surface area contributed by atoms with Crippen molar-refractivity contribution < 1.29 is 4.79 Å². The Labute approximate surface area is 144 Å². The smallest absolute Gasteiger partial charge is 0.241 e. The number of hydrogen-bond donors (Lipinski definition) is 2. The SMILES string of the molecule is CCCC1CC(C(=O)N2C[C@@H]3C[C@H]2CN3Cc2ccccc2)NN1. The second-order valence-corrected chi connectivity index (χ2v) is 7.51. The minimum absolute atomic E-state index is 0.0385. The van der Waals surface area contributed by atoms with E-state index in [1.165, 1.54) is 5.56 Å². The third-order valence-corrected chi connectivity index (χ3v) is 5.78. The Balaban J connectivity index is 1.32. The first-order valence-electron chi connectivity index (χ1n) is 9.34. The molecule has 4 rings (SSSR count). The zero-order valence-electron chi connectivity index (χ0n) is 14.4. The van der Waals surface area contributed by atoms with Crippen molar-refractivity contribution in [1.29, 1.82) is 0 Å². The molecule has 2 N–H and O–H groups in total. The van der Waals surface area contributed by atoms with Gasteiger partial charge in [-0.15, -0.1) is 0 Å². The van der Waals surface area contributed by atoms with E-state index in [1.807, 2.05) is 0 Å². The van der Waals surface area contributed by atoms with Gasteiger partial charge in [-0.3, -0.25) is 15.1 Å². The van der Waals surface area contributed by atoms with E-state index in [1.54, 1.807) is 0 Å². The molecular formula is C19H28N4O. The molecule has 1 aromatic rings. The molecule has 0 radical (unpaired) electrons. The van der Waals surface area contributed by atoms with Crippen LogP contribution in [0.5, 0.6) is 0 Å². The number of carbonyl (C=O) groups excluding carboxylic acids is 1. The number of nitrogens with zero attached hydrogens (tertiary/aromatic N) is 2. The number of rotatable bonds is 5. The van der Waals surface area contributed by atoms with Crippen LogP contribution in [0.1, 0.15) is 38.2 Å². The standard InChI is InChI=1S/C19H28N4O/c1-2-6-15-9-18(21-20-15)19(24)23-13-16-10-17(23)12-22(16)11-14-7-4-3-5-8-14/h3-5,7-8,15-18,20-21H,2,6,9-13H2,1H3/t15?,16-,17-,18?/m0/s1. The number of likely N-dealkylation sites (tertiary alicyclic amines) is 2. The second kappa shape index (κ2) is 6.82. The van der Waals surface area contributed by atoms with Crippen LogP contribution in [0.25, 0.3) is 0 Å². The highest BCUT2D eigenvalue weighted by molar-refractivity contribution is 5.83. The van der Waals surface area contributed by atoms with Gasteiger partial charge in [-0.25, -0.2) is 5.43 Å². The lowest BCUT2D eigenvalue weighted by atomic mass is 10.0. The quantitative estimate of drug-likeness (QED) is 0.860. The zero-order valence-corrected chi connectivity index (χ0v) is 14.4. The first-order chi connectivity index (χ1) is 11.7. The van der Waals surface area contributed by atoms with Crippen LogP contribution in [0.2, 0.25) is 0 Å². The average Bonchev–Trinajstić information content (AvgIpc) is 3.31. The molecule has 4 atom stereocenters. The molecular weight excluding hydrogens is 300 g/mol. The molecule has 24 heavy (non-hydrogen) atoms. The van der Waals surface area contributed by atoms with Gasteiger partial charge < -0.3 is 4.90 Å². The third kappa shape index (κ3) is 3.08. The van der Waals surface area contributed by atoms with Crippen LogP contribution in [0, 0.1) is 0 Å². The fraction of sp³-hybridized carbons (Fsp3) is 0.632. The Bertz CT molecular complexity index is 578. The van der Waals surface area contributed by atoms with Crippen molar-refractivity contribution in [2.24, 2.45) is 0 Å². The molecule has 5 nitrogen and oxygen atoms in total. The number of nitrogens with one attached hydrogen (secondary N) is 2. The van der Waals surface area contributed by atoms with Crippen LogP contribution in [0.15, 0.2) is 30.3 Å². The normalized spacial score (nSPS) is 32.6. The highest BCUT2D eigenvalue weighted by atomic mass is 16.2. The van der Waals surface area contributed by atoms with Gasteiger partial charge in [-0.1, -0.05) is 43.7 Å². The molecule has 3 heterocycles. The summed E-state index contributed by atoms with van der Waals surface area (Å²) >= 11 is 0. The Morgan fingerprint density at radius 2 is 1.96 bits per heavy atom. The van der Waals surface area contributed by atoms with Crippen LogP contribution in [-0.4, -0.2) is 53.0 Å². The molecule has 1 amide bonds. The Morgan fingerprint density at radius 3 is 2.67 bits per heavy atom. The monoisotopic (exact) mass is 328 g/mol. The number of fused-ring (bicyclic) bond motifs is 2. The zero-order chi connectivity index (χ0) is 16.5. The Hall–Kier alpha value is -1.43. The van der Waals surface area contributed by atoms with E-state index in [0.29, 0.717) is 24.0 Å². The van der Waals surface area contributed by atoms with Gasteiger partial charge in [0.05, 0.1) is 0 Å². The van der Waals surface area contributed by atoms with Gasteiger partial charge in [0.25, 0.3) is 0 Å². The van der Waals surface area contributed by atoms with Crippen molar-refractivity contribution in [3.63, 3.8) is 0 Å². The summed E-state index contributed by atoms with van der Waals surface area (Å²) in [6, 6.07) is 12.0. The van der Waals surface area contributed by atoms with Gasteiger partial charge in [0, 0.05) is 37.8 Å². The van der Waals surface area contributed by atoms with Crippen molar-refractivity contribution in [3.8, 4) is 0 Å². The van der Waals surface area contributed by atoms with E-state index in [-0.39, 0.29) is 6.04 Å². The van der Waals surface area contributed by atoms with E-state index in [9.17, 15) is 4.79 Å². The highest BCUT2D eigenvalue weighted by Crippen LogP contribution is 2.32. The summed E-state index contributed by atoms with van der Waals surface area (Å²) in [5, 5.41) is 0. The second-order valence-electron chi connectivity index (χ2n) is 7.51. The van der Waals surface area contributed by atoms with Crippen LogP contribution < -0.4 is 10.9 Å². The molecule has 0 saturated carbocycles. The van der Waals surface area contributed by atoms with Crippen molar-refractivity contribution in [1.82, 2.24) is 20.7 Å². The molecule has 2 unspecified atom stereocenters. The van der Waals surface area contributed by atoms with Crippen molar-refractivity contribution in [2.45, 2.75) is 63.3 Å². The Kier molecular flexibility index (Phi) is 4.57. The van der Waals surface area contributed by atoms with E-state index >= 15 is 0 Å². The summed E-state index contributed by atoms with van der Waals surface area (Å²) in [6.45, 7) is 5.11. The van der Waals surface area contributed by atoms with Crippen molar-refractivity contribution >= 4 is 5.91 Å². The maximum Gasteiger partial charge on any atom is 0.241 e. The number of carbonyl (C=O) groups is 1. The molecule has 3 aliphatic rings. The minimum Gasteiger partial charge on any atom is -0.335 e. The van der Waals surface area contributed by atoms with E-state index in [4.69, 9.17) is 0 Å². The number of hydrogen-bond acceptors (Lipinski definition) is 4. The first-order valence-corrected chi connectivity index (χ1v) is 9.34. The molecule has 3 aliphatic heterocycles. The molecule has 130 valence electrons. The molecule has 0 spiro atoms. The fourth-order valence-corrected chi connectivity index (χ4v) is 4.55. The number of piperazine rings is 1. The summed E-state index contributed by atoms with van der Waals surface area (Å²) in [4.78, 5) is 17.5. The maximum atomic E-state index is 12.9. The summed E-state index contributed by atoms with van der Waals surface area (Å²) in [6.07, 6.45) is 4.35. The van der Waals surface area contributed by atoms with E-state index < -0.39 is 0 Å². The third-order valence-electron chi connectivity index (χ3n) is 5.78. The van der Waals surface area contributed by atoms with Crippen LogP contribution >= 0.6 is 0 Å². The van der Waals surface area contributed by atoms with Gasteiger partial charge in [0.2, 0.25) is 5.91 Å². The average molecular weight is 328 g/mol. The maximum absolute atomic E-state index is 12.9. The van der Waals surface area contributed by atoms with Gasteiger partial charge in [0.1, 0.15) is 6.04 Å². The van der Waals surface area contributed by atoms with Gasteiger partial charge in [-0.05, 0) is 24.8 Å². The lowest BCUT2D eigenvalue weighted by Gasteiger charge is -2.35. The molecule has 2 bridgehead atoms.